The van der Waals surface area contributed by atoms with E-state index in [1.54, 1.807) is 6.92 Å². The molecule has 0 atom stereocenters. The number of ether oxygens (including phenoxy) is 1. The van der Waals surface area contributed by atoms with Gasteiger partial charge in [-0.1, -0.05) is 0 Å². The Kier molecular flexibility index (Phi) is 3.46. The van der Waals surface area contributed by atoms with Crippen molar-refractivity contribution in [2.24, 2.45) is 0 Å². The minimum Gasteiger partial charge on any atom is -0.481 e. The fourth-order valence-corrected chi connectivity index (χ4v) is 1.23. The molecule has 0 saturated heterocycles. The molecule has 18 heavy (non-hydrogen) atoms. The van der Waals surface area contributed by atoms with Crippen molar-refractivity contribution in [3.63, 3.8) is 0 Å². The van der Waals surface area contributed by atoms with Gasteiger partial charge in [0.15, 0.2) is 0 Å². The number of amides is 1. The zero-order valence-corrected chi connectivity index (χ0v) is 9.88. The van der Waals surface area contributed by atoms with Gasteiger partial charge in [-0.3, -0.25) is 4.79 Å². The molecule has 2 heterocycles. The Bertz CT molecular complexity index is 554. The van der Waals surface area contributed by atoms with Crippen LogP contribution >= 0.6 is 0 Å². The fraction of sp³-hybridized carbons (Fsp3) is 0.300. The highest BCUT2D eigenvalue weighted by Crippen LogP contribution is 2.05. The van der Waals surface area contributed by atoms with Crippen molar-refractivity contribution in [3.8, 4) is 5.88 Å². The number of aromatic nitrogens is 4. The van der Waals surface area contributed by atoms with Crippen molar-refractivity contribution in [2.45, 2.75) is 13.5 Å². The molecule has 0 spiro atoms. The molecule has 0 aliphatic carbocycles. The molecule has 0 saturated carbocycles. The lowest BCUT2D eigenvalue weighted by molar-refractivity contribution is 0.0941. The van der Waals surface area contributed by atoms with Crippen molar-refractivity contribution in [2.75, 3.05) is 7.11 Å². The SMILES string of the molecule is COc1cc(C(=O)NCc2nnc(C)o2)ncn1. The Labute approximate surface area is 102 Å². The Morgan fingerprint density at radius 3 is 2.94 bits per heavy atom. The molecular formula is C10H11N5O3. The minimum atomic E-state index is -0.369. The number of nitrogens with one attached hydrogen (secondary N) is 1. The first-order valence-corrected chi connectivity index (χ1v) is 5.12. The Morgan fingerprint density at radius 1 is 1.44 bits per heavy atom. The van der Waals surface area contributed by atoms with Crippen LogP contribution in [0.5, 0.6) is 5.88 Å². The molecule has 8 nitrogen and oxygen atoms in total. The number of methoxy groups -OCH3 is 1. The smallest absolute Gasteiger partial charge is 0.270 e. The van der Waals surface area contributed by atoms with Gasteiger partial charge < -0.3 is 14.5 Å². The summed E-state index contributed by atoms with van der Waals surface area (Å²) in [5, 5.41) is 10.0. The van der Waals surface area contributed by atoms with E-state index in [0.717, 1.165) is 0 Å². The second kappa shape index (κ2) is 5.21. The second-order valence-corrected chi connectivity index (χ2v) is 3.34. The Morgan fingerprint density at radius 2 is 2.28 bits per heavy atom. The first kappa shape index (κ1) is 12.0. The molecular weight excluding hydrogens is 238 g/mol. The monoisotopic (exact) mass is 249 g/mol. The van der Waals surface area contributed by atoms with Crippen LogP contribution in [0.25, 0.3) is 0 Å². The predicted octanol–water partition coefficient (Wildman–Crippen LogP) is 0.107. The van der Waals surface area contributed by atoms with Crippen LogP contribution < -0.4 is 10.1 Å². The lowest BCUT2D eigenvalue weighted by Crippen LogP contribution is -2.24. The van der Waals surface area contributed by atoms with Gasteiger partial charge in [0, 0.05) is 13.0 Å². The van der Waals surface area contributed by atoms with Crippen molar-refractivity contribution < 1.29 is 13.9 Å². The van der Waals surface area contributed by atoms with Crippen molar-refractivity contribution >= 4 is 5.91 Å². The molecule has 1 amide bonds. The van der Waals surface area contributed by atoms with E-state index in [2.05, 4.69) is 25.5 Å². The summed E-state index contributed by atoms with van der Waals surface area (Å²) in [7, 11) is 1.46. The molecule has 2 aromatic heterocycles. The summed E-state index contributed by atoms with van der Waals surface area (Å²) in [5.74, 6) is 0.736. The van der Waals surface area contributed by atoms with Crippen LogP contribution in [0.1, 0.15) is 22.3 Å². The van der Waals surface area contributed by atoms with E-state index in [9.17, 15) is 4.79 Å². The number of nitrogens with zero attached hydrogens (tertiary/aromatic N) is 4. The third kappa shape index (κ3) is 2.78. The molecule has 0 radical (unpaired) electrons. The van der Waals surface area contributed by atoms with E-state index in [1.807, 2.05) is 0 Å². The van der Waals surface area contributed by atoms with Crippen LogP contribution in [0.15, 0.2) is 16.8 Å². The molecule has 2 aromatic rings. The second-order valence-electron chi connectivity index (χ2n) is 3.34. The lowest BCUT2D eigenvalue weighted by Gasteiger charge is -2.02. The summed E-state index contributed by atoms with van der Waals surface area (Å²) in [4.78, 5) is 19.4. The molecule has 0 aliphatic heterocycles. The first-order chi connectivity index (χ1) is 8.69. The summed E-state index contributed by atoms with van der Waals surface area (Å²) >= 11 is 0. The topological polar surface area (TPSA) is 103 Å². The maximum absolute atomic E-state index is 11.7. The summed E-state index contributed by atoms with van der Waals surface area (Å²) in [5.41, 5.74) is 0.207. The number of aryl methyl sites for hydroxylation is 1. The number of hydrogen-bond donors (Lipinski definition) is 1. The Hall–Kier alpha value is -2.51. The predicted molar refractivity (Wildman–Crippen MR) is 58.8 cm³/mol. The molecule has 0 fully saturated rings. The van der Waals surface area contributed by atoms with Crippen LogP contribution in [0.3, 0.4) is 0 Å². The van der Waals surface area contributed by atoms with E-state index in [-0.39, 0.29) is 18.1 Å². The zero-order valence-electron chi connectivity index (χ0n) is 9.88. The van der Waals surface area contributed by atoms with Crippen LogP contribution in [-0.4, -0.2) is 33.2 Å². The van der Waals surface area contributed by atoms with Crippen LogP contribution in [-0.2, 0) is 6.54 Å². The highest BCUT2D eigenvalue weighted by molar-refractivity contribution is 5.92. The van der Waals surface area contributed by atoms with E-state index in [1.165, 1.54) is 19.5 Å². The molecule has 1 N–H and O–H groups in total. The van der Waals surface area contributed by atoms with Crippen molar-refractivity contribution in [1.82, 2.24) is 25.5 Å². The lowest BCUT2D eigenvalue weighted by atomic mass is 10.3. The van der Waals surface area contributed by atoms with Crippen molar-refractivity contribution in [3.05, 3.63) is 29.9 Å². The number of hydrogen-bond acceptors (Lipinski definition) is 7. The average molecular weight is 249 g/mol. The van der Waals surface area contributed by atoms with Crippen molar-refractivity contribution in [1.29, 1.82) is 0 Å². The summed E-state index contributed by atoms with van der Waals surface area (Å²) < 4.78 is 10.0. The van der Waals surface area contributed by atoms with E-state index in [0.29, 0.717) is 17.7 Å². The van der Waals surface area contributed by atoms with Crippen LogP contribution in [0.2, 0.25) is 0 Å². The standard InChI is InChI=1S/C10H11N5O3/c1-6-14-15-9(18-6)4-11-10(16)7-3-8(17-2)13-5-12-7/h3,5H,4H2,1-2H3,(H,11,16). The molecule has 0 aliphatic rings. The van der Waals surface area contributed by atoms with E-state index < -0.39 is 0 Å². The number of carbonyl (C=O) groups excluding carboxylic acids is 1. The molecule has 0 bridgehead atoms. The average Bonchev–Trinajstić information content (AvgIpc) is 2.82. The molecule has 0 unspecified atom stereocenters. The quantitative estimate of drug-likeness (QED) is 0.819. The van der Waals surface area contributed by atoms with Gasteiger partial charge in [-0.25, -0.2) is 9.97 Å². The Balaban J connectivity index is 1.99. The van der Waals surface area contributed by atoms with Gasteiger partial charge in [0.1, 0.15) is 12.0 Å². The minimum absolute atomic E-state index is 0.145. The molecule has 2 rings (SSSR count). The molecule has 94 valence electrons. The first-order valence-electron chi connectivity index (χ1n) is 5.12. The summed E-state index contributed by atoms with van der Waals surface area (Å²) in [6.07, 6.45) is 1.25. The normalized spacial score (nSPS) is 10.1. The highest BCUT2D eigenvalue weighted by Gasteiger charge is 2.10. The van der Waals surface area contributed by atoms with Gasteiger partial charge in [-0.2, -0.15) is 0 Å². The van der Waals surface area contributed by atoms with Gasteiger partial charge in [0.2, 0.25) is 17.7 Å². The summed E-state index contributed by atoms with van der Waals surface area (Å²) in [6, 6.07) is 1.44. The van der Waals surface area contributed by atoms with Crippen LogP contribution in [0, 0.1) is 6.92 Å². The van der Waals surface area contributed by atoms with E-state index >= 15 is 0 Å². The van der Waals surface area contributed by atoms with Gasteiger partial charge in [0.05, 0.1) is 13.7 Å². The highest BCUT2D eigenvalue weighted by atomic mass is 16.5. The zero-order chi connectivity index (χ0) is 13.0. The number of carbonyl (C=O) groups is 1. The fourth-order valence-electron chi connectivity index (χ4n) is 1.23. The maximum atomic E-state index is 11.7. The van der Waals surface area contributed by atoms with Gasteiger partial charge in [-0.15, -0.1) is 10.2 Å². The third-order valence-electron chi connectivity index (χ3n) is 2.05. The van der Waals surface area contributed by atoms with Gasteiger partial charge in [0.25, 0.3) is 5.91 Å². The molecule has 8 heteroatoms. The molecule has 0 aromatic carbocycles. The largest absolute Gasteiger partial charge is 0.481 e. The van der Waals surface area contributed by atoms with Gasteiger partial charge >= 0.3 is 0 Å². The van der Waals surface area contributed by atoms with Gasteiger partial charge in [-0.05, 0) is 0 Å². The maximum Gasteiger partial charge on any atom is 0.270 e. The van der Waals surface area contributed by atoms with E-state index in [4.69, 9.17) is 9.15 Å². The summed E-state index contributed by atoms with van der Waals surface area (Å²) in [6.45, 7) is 1.82. The number of rotatable bonds is 4. The third-order valence-corrected chi connectivity index (χ3v) is 2.05. The van der Waals surface area contributed by atoms with Crippen LogP contribution in [0.4, 0.5) is 0 Å².